The van der Waals surface area contributed by atoms with Crippen LogP contribution in [0.4, 0.5) is 5.69 Å². The second-order valence-corrected chi connectivity index (χ2v) is 6.56. The van der Waals surface area contributed by atoms with Crippen molar-refractivity contribution < 1.29 is 28.7 Å². The summed E-state index contributed by atoms with van der Waals surface area (Å²) in [5.74, 6) is 1.75. The van der Waals surface area contributed by atoms with Crippen LogP contribution in [0.3, 0.4) is 0 Å². The number of amides is 2. The highest BCUT2D eigenvalue weighted by Crippen LogP contribution is 2.32. The lowest BCUT2D eigenvalue weighted by Gasteiger charge is -2.14. The summed E-state index contributed by atoms with van der Waals surface area (Å²) in [5, 5.41) is 5.66. The number of anilines is 1. The molecule has 1 aliphatic heterocycles. The van der Waals surface area contributed by atoms with E-state index in [1.165, 1.54) is 0 Å². The van der Waals surface area contributed by atoms with Crippen molar-refractivity contribution in [2.45, 2.75) is 6.54 Å². The van der Waals surface area contributed by atoms with Gasteiger partial charge in [0.1, 0.15) is 5.75 Å². The first kappa shape index (κ1) is 19.5. The lowest BCUT2D eigenvalue weighted by molar-refractivity contribution is -0.862. The molecule has 2 amide bonds. The van der Waals surface area contributed by atoms with Gasteiger partial charge in [-0.3, -0.25) is 9.59 Å². The standard InChI is InChI=1S/C20H23N3O5/c1-23(12-20(25)22-15-4-3-5-16(9-15)26-2)11-19(24)21-10-14-6-7-17-18(8-14)28-13-27-17/h3-9H,10-13H2,1-2H3,(H,21,24)(H,22,25)/p+1. The number of hydrogen-bond acceptors (Lipinski definition) is 5. The van der Waals surface area contributed by atoms with Gasteiger partial charge in [-0.2, -0.15) is 0 Å². The molecule has 2 aromatic rings. The lowest BCUT2D eigenvalue weighted by atomic mass is 10.2. The maximum Gasteiger partial charge on any atom is 0.279 e. The number of likely N-dealkylation sites (N-methyl/N-ethyl adjacent to an activating group) is 1. The predicted molar refractivity (Wildman–Crippen MR) is 103 cm³/mol. The molecule has 8 nitrogen and oxygen atoms in total. The zero-order valence-electron chi connectivity index (χ0n) is 15.9. The SMILES string of the molecule is COc1cccc(NC(=O)C[NH+](C)CC(=O)NCc2ccc3c(c2)OCO3)c1. The molecule has 3 N–H and O–H groups in total. The number of hydrogen-bond donors (Lipinski definition) is 3. The van der Waals surface area contributed by atoms with Crippen molar-refractivity contribution in [2.24, 2.45) is 0 Å². The summed E-state index contributed by atoms with van der Waals surface area (Å²) < 4.78 is 15.7. The third kappa shape index (κ3) is 5.37. The number of carbonyl (C=O) groups is 2. The van der Waals surface area contributed by atoms with Crippen molar-refractivity contribution in [3.05, 3.63) is 48.0 Å². The average Bonchev–Trinajstić information content (AvgIpc) is 3.14. The summed E-state index contributed by atoms with van der Waals surface area (Å²) in [5.41, 5.74) is 1.58. The van der Waals surface area contributed by atoms with E-state index in [9.17, 15) is 9.59 Å². The van der Waals surface area contributed by atoms with Gasteiger partial charge in [0.25, 0.3) is 11.8 Å². The largest absolute Gasteiger partial charge is 0.497 e. The number of rotatable bonds is 8. The van der Waals surface area contributed by atoms with E-state index >= 15 is 0 Å². The molecule has 0 spiro atoms. The van der Waals surface area contributed by atoms with Gasteiger partial charge < -0.3 is 29.7 Å². The molecule has 1 atom stereocenters. The first-order valence-electron chi connectivity index (χ1n) is 8.94. The van der Waals surface area contributed by atoms with Gasteiger partial charge in [-0.15, -0.1) is 0 Å². The van der Waals surface area contributed by atoms with Crippen LogP contribution in [0.5, 0.6) is 17.2 Å². The second-order valence-electron chi connectivity index (χ2n) is 6.56. The molecule has 0 saturated carbocycles. The van der Waals surface area contributed by atoms with Crippen LogP contribution in [0.25, 0.3) is 0 Å². The van der Waals surface area contributed by atoms with E-state index in [2.05, 4.69) is 10.6 Å². The van der Waals surface area contributed by atoms with Crippen LogP contribution in [0, 0.1) is 0 Å². The Hall–Kier alpha value is -3.26. The Morgan fingerprint density at radius 2 is 1.86 bits per heavy atom. The van der Waals surface area contributed by atoms with Gasteiger partial charge in [0.2, 0.25) is 6.79 Å². The minimum absolute atomic E-state index is 0.135. The number of fused-ring (bicyclic) bond motifs is 1. The minimum atomic E-state index is -0.172. The first-order valence-corrected chi connectivity index (χ1v) is 8.94. The molecule has 1 aliphatic rings. The molecule has 0 aliphatic carbocycles. The maximum absolute atomic E-state index is 12.2. The fourth-order valence-electron chi connectivity index (χ4n) is 2.83. The van der Waals surface area contributed by atoms with Crippen LogP contribution in [0.2, 0.25) is 0 Å². The number of carbonyl (C=O) groups excluding carboxylic acids is 2. The van der Waals surface area contributed by atoms with Gasteiger partial charge in [-0.1, -0.05) is 12.1 Å². The monoisotopic (exact) mass is 386 g/mol. The highest BCUT2D eigenvalue weighted by Gasteiger charge is 2.16. The molecule has 0 radical (unpaired) electrons. The zero-order valence-corrected chi connectivity index (χ0v) is 15.9. The van der Waals surface area contributed by atoms with E-state index in [-0.39, 0.29) is 31.7 Å². The third-order valence-electron chi connectivity index (χ3n) is 4.20. The van der Waals surface area contributed by atoms with E-state index in [0.29, 0.717) is 29.5 Å². The summed E-state index contributed by atoms with van der Waals surface area (Å²) in [6, 6.07) is 12.7. The second kappa shape index (κ2) is 9.09. The maximum atomic E-state index is 12.2. The van der Waals surface area contributed by atoms with Gasteiger partial charge in [-0.25, -0.2) is 0 Å². The van der Waals surface area contributed by atoms with Crippen LogP contribution in [0.15, 0.2) is 42.5 Å². The van der Waals surface area contributed by atoms with Crippen LogP contribution < -0.4 is 29.7 Å². The van der Waals surface area contributed by atoms with Gasteiger partial charge >= 0.3 is 0 Å². The van der Waals surface area contributed by atoms with Gasteiger partial charge in [-0.05, 0) is 29.8 Å². The molecule has 0 fully saturated rings. The van der Waals surface area contributed by atoms with Gasteiger partial charge in [0, 0.05) is 18.3 Å². The summed E-state index contributed by atoms with van der Waals surface area (Å²) in [6.45, 7) is 0.973. The topological polar surface area (TPSA) is 90.3 Å². The van der Waals surface area contributed by atoms with E-state index in [0.717, 1.165) is 10.5 Å². The summed E-state index contributed by atoms with van der Waals surface area (Å²) in [7, 11) is 3.37. The molecule has 1 heterocycles. The van der Waals surface area contributed by atoms with Crippen molar-refractivity contribution in [3.8, 4) is 17.2 Å². The van der Waals surface area contributed by atoms with Crippen molar-refractivity contribution in [1.82, 2.24) is 5.32 Å². The van der Waals surface area contributed by atoms with E-state index in [1.54, 1.807) is 38.4 Å². The summed E-state index contributed by atoms with van der Waals surface area (Å²) in [4.78, 5) is 25.1. The third-order valence-corrected chi connectivity index (χ3v) is 4.20. The molecular formula is C20H24N3O5+. The number of quaternary nitrogens is 1. The fourth-order valence-corrected chi connectivity index (χ4v) is 2.83. The highest BCUT2D eigenvalue weighted by molar-refractivity contribution is 5.91. The Bertz CT molecular complexity index is 855. The van der Waals surface area contributed by atoms with E-state index in [4.69, 9.17) is 14.2 Å². The number of nitrogens with one attached hydrogen (secondary N) is 3. The molecule has 2 aromatic carbocycles. The van der Waals surface area contributed by atoms with E-state index in [1.807, 2.05) is 18.2 Å². The van der Waals surface area contributed by atoms with Crippen LogP contribution in [0.1, 0.15) is 5.56 Å². The molecular weight excluding hydrogens is 362 g/mol. The lowest BCUT2D eigenvalue weighted by Crippen LogP contribution is -3.11. The fraction of sp³-hybridized carbons (Fsp3) is 0.300. The number of benzene rings is 2. The Labute approximate surface area is 163 Å². The quantitative estimate of drug-likeness (QED) is 0.603. The molecule has 0 saturated heterocycles. The molecule has 8 heteroatoms. The van der Waals surface area contributed by atoms with Gasteiger partial charge in [0.05, 0.1) is 14.2 Å². The number of methoxy groups -OCH3 is 1. The number of ether oxygens (including phenoxy) is 3. The molecule has 0 bridgehead atoms. The highest BCUT2D eigenvalue weighted by atomic mass is 16.7. The first-order chi connectivity index (χ1) is 13.5. The summed E-state index contributed by atoms with van der Waals surface area (Å²) in [6.07, 6.45) is 0. The zero-order chi connectivity index (χ0) is 19.9. The predicted octanol–water partition coefficient (Wildman–Crippen LogP) is 0.194. The van der Waals surface area contributed by atoms with Crippen LogP contribution in [-0.4, -0.2) is 45.9 Å². The van der Waals surface area contributed by atoms with E-state index < -0.39 is 0 Å². The van der Waals surface area contributed by atoms with Crippen LogP contribution in [-0.2, 0) is 16.1 Å². The molecule has 0 aromatic heterocycles. The Morgan fingerprint density at radius 1 is 1.07 bits per heavy atom. The molecule has 1 unspecified atom stereocenters. The van der Waals surface area contributed by atoms with Crippen molar-refractivity contribution in [1.29, 1.82) is 0 Å². The summed E-state index contributed by atoms with van der Waals surface area (Å²) >= 11 is 0. The van der Waals surface area contributed by atoms with Crippen molar-refractivity contribution in [3.63, 3.8) is 0 Å². The smallest absolute Gasteiger partial charge is 0.279 e. The van der Waals surface area contributed by atoms with Crippen molar-refractivity contribution >= 4 is 17.5 Å². The molecule has 148 valence electrons. The van der Waals surface area contributed by atoms with Crippen LogP contribution >= 0.6 is 0 Å². The normalized spacial score (nSPS) is 12.9. The molecule has 28 heavy (non-hydrogen) atoms. The van der Waals surface area contributed by atoms with Crippen molar-refractivity contribution in [2.75, 3.05) is 39.4 Å². The minimum Gasteiger partial charge on any atom is -0.497 e. The Balaban J connectivity index is 1.41. The Morgan fingerprint density at radius 3 is 2.68 bits per heavy atom. The van der Waals surface area contributed by atoms with Gasteiger partial charge in [0.15, 0.2) is 24.6 Å². The molecule has 3 rings (SSSR count). The average molecular weight is 386 g/mol. The Kier molecular flexibility index (Phi) is 6.33.